The lowest BCUT2D eigenvalue weighted by molar-refractivity contribution is 0.311. The van der Waals surface area contributed by atoms with Crippen molar-refractivity contribution in [2.24, 2.45) is 0 Å². The van der Waals surface area contributed by atoms with Crippen LogP contribution in [0.3, 0.4) is 0 Å². The number of nitrogens with zero attached hydrogens (tertiary/aromatic N) is 2. The zero-order chi connectivity index (χ0) is 12.8. The molecule has 0 amide bonds. The lowest BCUT2D eigenvalue weighted by Crippen LogP contribution is -2.08. The van der Waals surface area contributed by atoms with Crippen LogP contribution in [0.15, 0.2) is 36.7 Å². The van der Waals surface area contributed by atoms with Crippen LogP contribution in [0.1, 0.15) is 0 Å². The molecule has 1 heterocycles. The molecule has 1 aromatic heterocycles. The highest BCUT2D eigenvalue weighted by atomic mass is 16.5. The Balaban J connectivity index is 2.12. The minimum absolute atomic E-state index is 0.0591. The zero-order valence-electron chi connectivity index (χ0n) is 10.1. The maximum absolute atomic E-state index is 8.68. The number of ether oxygens (including phenoxy) is 1. The Hall–Kier alpha value is -2.14. The molecule has 0 radical (unpaired) electrons. The summed E-state index contributed by atoms with van der Waals surface area (Å²) in [5.41, 5.74) is 1.97. The Morgan fingerprint density at radius 2 is 1.78 bits per heavy atom. The largest absolute Gasteiger partial charge is 0.497 e. The maximum Gasteiger partial charge on any atom is 0.222 e. The highest BCUT2D eigenvalue weighted by Gasteiger charge is 2.00. The summed E-state index contributed by atoms with van der Waals surface area (Å²) in [6.45, 7) is 0.505. The van der Waals surface area contributed by atoms with Gasteiger partial charge in [0.05, 0.1) is 13.7 Å². The summed E-state index contributed by atoms with van der Waals surface area (Å²) in [5.74, 6) is 1.34. The van der Waals surface area contributed by atoms with Crippen LogP contribution in [0.2, 0.25) is 0 Å². The third kappa shape index (κ3) is 2.95. The Labute approximate surface area is 105 Å². The van der Waals surface area contributed by atoms with Gasteiger partial charge in [0.1, 0.15) is 5.75 Å². The number of methoxy groups -OCH3 is 1. The van der Waals surface area contributed by atoms with E-state index in [1.54, 1.807) is 19.5 Å². The number of rotatable bonds is 5. The SMILES string of the molecule is COc1ccc(-c2cnc(NCCO)nc2)cc1. The second kappa shape index (κ2) is 5.97. The first-order valence-electron chi connectivity index (χ1n) is 5.64. The van der Waals surface area contributed by atoms with Crippen molar-refractivity contribution in [2.75, 3.05) is 25.6 Å². The van der Waals surface area contributed by atoms with Gasteiger partial charge in [-0.1, -0.05) is 12.1 Å². The number of hydrogen-bond acceptors (Lipinski definition) is 5. The molecular formula is C13H15N3O2. The van der Waals surface area contributed by atoms with Gasteiger partial charge >= 0.3 is 0 Å². The van der Waals surface area contributed by atoms with E-state index in [9.17, 15) is 0 Å². The molecule has 0 aliphatic rings. The molecule has 0 spiro atoms. The van der Waals surface area contributed by atoms with E-state index < -0.39 is 0 Å². The summed E-state index contributed by atoms with van der Waals surface area (Å²) in [4.78, 5) is 8.34. The van der Waals surface area contributed by atoms with Crippen molar-refractivity contribution in [3.63, 3.8) is 0 Å². The minimum atomic E-state index is 0.0591. The summed E-state index contributed by atoms with van der Waals surface area (Å²) < 4.78 is 5.10. The Bertz CT molecular complexity index is 483. The summed E-state index contributed by atoms with van der Waals surface area (Å²) in [6.07, 6.45) is 3.49. The minimum Gasteiger partial charge on any atom is -0.497 e. The van der Waals surface area contributed by atoms with Crippen molar-refractivity contribution in [3.8, 4) is 16.9 Å². The molecule has 0 saturated carbocycles. The van der Waals surface area contributed by atoms with Crippen molar-refractivity contribution in [2.45, 2.75) is 0 Å². The van der Waals surface area contributed by atoms with E-state index >= 15 is 0 Å². The first kappa shape index (κ1) is 12.3. The quantitative estimate of drug-likeness (QED) is 0.836. The van der Waals surface area contributed by atoms with Crippen LogP contribution in [-0.4, -0.2) is 35.3 Å². The van der Waals surface area contributed by atoms with Gasteiger partial charge in [0, 0.05) is 24.5 Å². The molecule has 18 heavy (non-hydrogen) atoms. The standard InChI is InChI=1S/C13H15N3O2/c1-18-12-4-2-10(3-5-12)11-8-15-13(16-9-11)14-6-7-17/h2-5,8-9,17H,6-7H2,1H3,(H,14,15,16). The van der Waals surface area contributed by atoms with Crippen LogP contribution in [0.4, 0.5) is 5.95 Å². The van der Waals surface area contributed by atoms with Crippen molar-refractivity contribution in [1.29, 1.82) is 0 Å². The number of aliphatic hydroxyl groups is 1. The number of aromatic nitrogens is 2. The number of nitrogens with one attached hydrogen (secondary N) is 1. The molecule has 0 bridgehead atoms. The predicted octanol–water partition coefficient (Wildman–Crippen LogP) is 1.56. The Kier molecular flexibility index (Phi) is 4.09. The molecule has 94 valence electrons. The van der Waals surface area contributed by atoms with Crippen LogP contribution in [0.25, 0.3) is 11.1 Å². The summed E-state index contributed by atoms with van der Waals surface area (Å²) in [5, 5.41) is 11.6. The zero-order valence-corrected chi connectivity index (χ0v) is 10.1. The summed E-state index contributed by atoms with van der Waals surface area (Å²) in [6, 6.07) is 7.71. The molecule has 2 aromatic rings. The van der Waals surface area contributed by atoms with E-state index in [1.165, 1.54) is 0 Å². The fourth-order valence-corrected chi connectivity index (χ4v) is 1.52. The number of hydrogen-bond donors (Lipinski definition) is 2. The van der Waals surface area contributed by atoms with E-state index in [4.69, 9.17) is 9.84 Å². The van der Waals surface area contributed by atoms with E-state index in [2.05, 4.69) is 15.3 Å². The first-order valence-corrected chi connectivity index (χ1v) is 5.64. The van der Waals surface area contributed by atoms with Gasteiger partial charge in [-0.25, -0.2) is 9.97 Å². The second-order valence-corrected chi connectivity index (χ2v) is 3.67. The van der Waals surface area contributed by atoms with Gasteiger partial charge < -0.3 is 15.2 Å². The molecule has 5 nitrogen and oxygen atoms in total. The summed E-state index contributed by atoms with van der Waals surface area (Å²) in [7, 11) is 1.64. The third-order valence-electron chi connectivity index (χ3n) is 2.47. The van der Waals surface area contributed by atoms with Crippen molar-refractivity contribution in [1.82, 2.24) is 9.97 Å². The van der Waals surface area contributed by atoms with Gasteiger partial charge in [0.15, 0.2) is 0 Å². The van der Waals surface area contributed by atoms with Gasteiger partial charge in [-0.2, -0.15) is 0 Å². The molecule has 0 unspecified atom stereocenters. The van der Waals surface area contributed by atoms with Crippen molar-refractivity contribution in [3.05, 3.63) is 36.7 Å². The average Bonchev–Trinajstić information content (AvgIpc) is 2.46. The Morgan fingerprint density at radius 1 is 1.11 bits per heavy atom. The topological polar surface area (TPSA) is 67.3 Å². The smallest absolute Gasteiger partial charge is 0.222 e. The van der Waals surface area contributed by atoms with E-state index in [-0.39, 0.29) is 6.61 Å². The van der Waals surface area contributed by atoms with Gasteiger partial charge in [0.2, 0.25) is 5.95 Å². The molecule has 2 rings (SSSR count). The maximum atomic E-state index is 8.68. The summed E-state index contributed by atoms with van der Waals surface area (Å²) >= 11 is 0. The molecule has 0 saturated heterocycles. The fraction of sp³-hybridized carbons (Fsp3) is 0.231. The molecule has 0 aliphatic heterocycles. The molecule has 1 aromatic carbocycles. The van der Waals surface area contributed by atoms with Crippen molar-refractivity contribution >= 4 is 5.95 Å². The second-order valence-electron chi connectivity index (χ2n) is 3.67. The predicted molar refractivity (Wildman–Crippen MR) is 69.6 cm³/mol. The molecule has 2 N–H and O–H groups in total. The van der Waals surface area contributed by atoms with Crippen molar-refractivity contribution < 1.29 is 9.84 Å². The van der Waals surface area contributed by atoms with Gasteiger partial charge in [0.25, 0.3) is 0 Å². The molecule has 0 aliphatic carbocycles. The van der Waals surface area contributed by atoms with Gasteiger partial charge in [-0.05, 0) is 17.7 Å². The third-order valence-corrected chi connectivity index (χ3v) is 2.47. The van der Waals surface area contributed by atoms with Crippen LogP contribution in [-0.2, 0) is 0 Å². The van der Waals surface area contributed by atoms with E-state index in [0.717, 1.165) is 16.9 Å². The van der Waals surface area contributed by atoms with Crippen LogP contribution in [0, 0.1) is 0 Å². The number of benzene rings is 1. The highest BCUT2D eigenvalue weighted by molar-refractivity contribution is 5.62. The average molecular weight is 245 g/mol. The van der Waals surface area contributed by atoms with Crippen LogP contribution in [0.5, 0.6) is 5.75 Å². The van der Waals surface area contributed by atoms with Crippen LogP contribution < -0.4 is 10.1 Å². The first-order chi connectivity index (χ1) is 8.83. The normalized spacial score (nSPS) is 10.1. The van der Waals surface area contributed by atoms with E-state index in [1.807, 2.05) is 24.3 Å². The molecule has 0 fully saturated rings. The molecule has 0 atom stereocenters. The Morgan fingerprint density at radius 3 is 2.33 bits per heavy atom. The lowest BCUT2D eigenvalue weighted by Gasteiger charge is -2.05. The fourth-order valence-electron chi connectivity index (χ4n) is 1.52. The lowest BCUT2D eigenvalue weighted by atomic mass is 10.1. The number of aliphatic hydroxyl groups excluding tert-OH is 1. The molecule has 5 heteroatoms. The van der Waals surface area contributed by atoms with Crippen LogP contribution >= 0.6 is 0 Å². The van der Waals surface area contributed by atoms with Gasteiger partial charge in [-0.15, -0.1) is 0 Å². The highest BCUT2D eigenvalue weighted by Crippen LogP contribution is 2.21. The monoisotopic (exact) mass is 245 g/mol. The van der Waals surface area contributed by atoms with Gasteiger partial charge in [-0.3, -0.25) is 0 Å². The van der Waals surface area contributed by atoms with E-state index in [0.29, 0.717) is 12.5 Å². The molecular weight excluding hydrogens is 230 g/mol. The number of anilines is 1.